The van der Waals surface area contributed by atoms with Gasteiger partial charge in [0.15, 0.2) is 0 Å². The normalized spacial score (nSPS) is 10.6. The van der Waals surface area contributed by atoms with Gasteiger partial charge in [-0.3, -0.25) is 0 Å². The lowest BCUT2D eigenvalue weighted by molar-refractivity contribution is 0.628. The van der Waals surface area contributed by atoms with Gasteiger partial charge >= 0.3 is 0 Å². The summed E-state index contributed by atoms with van der Waals surface area (Å²) in [5, 5.41) is 3.21. The van der Waals surface area contributed by atoms with Crippen LogP contribution in [0.15, 0.2) is 24.3 Å². The van der Waals surface area contributed by atoms with E-state index in [0.717, 1.165) is 25.1 Å². The summed E-state index contributed by atoms with van der Waals surface area (Å²) in [6.45, 7) is 4.97. The summed E-state index contributed by atoms with van der Waals surface area (Å²) in [5.41, 5.74) is 1.55. The summed E-state index contributed by atoms with van der Waals surface area (Å²) in [7, 11) is 1.98. The SMILES string of the molecule is CCCCN(C)c1nc(C)cc(Nc2ccc(F)c(Cl)c2)n1. The van der Waals surface area contributed by atoms with Gasteiger partial charge in [0.05, 0.1) is 5.02 Å². The third kappa shape index (κ3) is 4.31. The maximum absolute atomic E-state index is 13.2. The number of halogens is 2. The molecule has 1 heterocycles. The number of benzene rings is 1. The highest BCUT2D eigenvalue weighted by Crippen LogP contribution is 2.23. The fourth-order valence-electron chi connectivity index (χ4n) is 2.00. The molecule has 2 aromatic rings. The first-order valence-corrected chi connectivity index (χ1v) is 7.66. The summed E-state index contributed by atoms with van der Waals surface area (Å²) in [6, 6.07) is 6.33. The first-order chi connectivity index (χ1) is 10.5. The van der Waals surface area contributed by atoms with E-state index in [0.29, 0.717) is 17.5 Å². The molecule has 0 unspecified atom stereocenters. The van der Waals surface area contributed by atoms with Crippen molar-refractivity contribution in [2.45, 2.75) is 26.7 Å². The number of unbranched alkanes of at least 4 members (excludes halogenated alkanes) is 1. The Morgan fingerprint density at radius 2 is 2.05 bits per heavy atom. The number of hydrogen-bond acceptors (Lipinski definition) is 4. The first-order valence-electron chi connectivity index (χ1n) is 7.28. The topological polar surface area (TPSA) is 41.1 Å². The number of aromatic nitrogens is 2. The highest BCUT2D eigenvalue weighted by Gasteiger charge is 2.08. The van der Waals surface area contributed by atoms with Crippen LogP contribution < -0.4 is 10.2 Å². The van der Waals surface area contributed by atoms with Gasteiger partial charge < -0.3 is 10.2 Å². The molecule has 0 atom stereocenters. The highest BCUT2D eigenvalue weighted by molar-refractivity contribution is 6.31. The van der Waals surface area contributed by atoms with Crippen molar-refractivity contribution >= 4 is 29.1 Å². The van der Waals surface area contributed by atoms with Crippen molar-refractivity contribution in [3.63, 3.8) is 0 Å². The highest BCUT2D eigenvalue weighted by atomic mass is 35.5. The molecule has 1 aromatic heterocycles. The van der Waals surface area contributed by atoms with Gasteiger partial charge in [-0.1, -0.05) is 24.9 Å². The minimum Gasteiger partial charge on any atom is -0.344 e. The van der Waals surface area contributed by atoms with Crippen LogP contribution in [-0.2, 0) is 0 Å². The Bertz CT molecular complexity index is 648. The number of aryl methyl sites for hydroxylation is 1. The largest absolute Gasteiger partial charge is 0.344 e. The molecule has 22 heavy (non-hydrogen) atoms. The molecule has 6 heteroatoms. The smallest absolute Gasteiger partial charge is 0.227 e. The summed E-state index contributed by atoms with van der Waals surface area (Å²) < 4.78 is 13.2. The number of hydrogen-bond donors (Lipinski definition) is 1. The Labute approximate surface area is 135 Å². The molecule has 4 nitrogen and oxygen atoms in total. The molecule has 1 aromatic carbocycles. The fraction of sp³-hybridized carbons (Fsp3) is 0.375. The summed E-state index contributed by atoms with van der Waals surface area (Å²) >= 11 is 5.79. The van der Waals surface area contributed by atoms with Gasteiger partial charge in [-0.2, -0.15) is 4.98 Å². The third-order valence-electron chi connectivity index (χ3n) is 3.22. The summed E-state index contributed by atoms with van der Waals surface area (Å²) in [6.07, 6.45) is 2.21. The molecule has 1 N–H and O–H groups in total. The van der Waals surface area contributed by atoms with E-state index in [1.165, 1.54) is 12.1 Å². The lowest BCUT2D eigenvalue weighted by Crippen LogP contribution is -2.21. The maximum atomic E-state index is 13.2. The molecule has 0 amide bonds. The monoisotopic (exact) mass is 322 g/mol. The van der Waals surface area contributed by atoms with E-state index < -0.39 is 5.82 Å². The number of nitrogens with zero attached hydrogens (tertiary/aromatic N) is 3. The molecule has 0 radical (unpaired) electrons. The van der Waals surface area contributed by atoms with Gasteiger partial charge in [0.1, 0.15) is 11.6 Å². The van der Waals surface area contributed by atoms with Crippen LogP contribution in [0.5, 0.6) is 0 Å². The molecule has 118 valence electrons. The Hall–Kier alpha value is -1.88. The van der Waals surface area contributed by atoms with E-state index in [1.54, 1.807) is 6.07 Å². The van der Waals surface area contributed by atoms with E-state index in [-0.39, 0.29) is 5.02 Å². The van der Waals surface area contributed by atoms with Gasteiger partial charge in [0, 0.05) is 31.0 Å². The quantitative estimate of drug-likeness (QED) is 0.846. The molecular formula is C16H20ClFN4. The predicted molar refractivity (Wildman–Crippen MR) is 89.6 cm³/mol. The maximum Gasteiger partial charge on any atom is 0.227 e. The van der Waals surface area contributed by atoms with Gasteiger partial charge in [0.25, 0.3) is 0 Å². The molecule has 0 fully saturated rings. The molecule has 0 aliphatic heterocycles. The lowest BCUT2D eigenvalue weighted by atomic mass is 10.3. The molecule has 0 saturated carbocycles. The fourth-order valence-corrected chi connectivity index (χ4v) is 2.19. The van der Waals surface area contributed by atoms with Crippen LogP contribution in [0.4, 0.5) is 21.8 Å². The van der Waals surface area contributed by atoms with Crippen LogP contribution in [0.25, 0.3) is 0 Å². The molecule has 2 rings (SSSR count). The minimum absolute atomic E-state index is 0.0797. The average Bonchev–Trinajstić information content (AvgIpc) is 2.48. The van der Waals surface area contributed by atoms with E-state index in [9.17, 15) is 4.39 Å². The van der Waals surface area contributed by atoms with Crippen molar-refractivity contribution in [3.05, 3.63) is 40.8 Å². The van der Waals surface area contributed by atoms with Gasteiger partial charge in [-0.05, 0) is 31.5 Å². The van der Waals surface area contributed by atoms with Crippen molar-refractivity contribution in [1.82, 2.24) is 9.97 Å². The van der Waals surface area contributed by atoms with Crippen molar-refractivity contribution in [2.75, 3.05) is 23.8 Å². The van der Waals surface area contributed by atoms with Gasteiger partial charge in [-0.25, -0.2) is 9.37 Å². The van der Waals surface area contributed by atoms with Crippen LogP contribution in [-0.4, -0.2) is 23.6 Å². The van der Waals surface area contributed by atoms with E-state index in [4.69, 9.17) is 11.6 Å². The first kappa shape index (κ1) is 16.5. The molecular weight excluding hydrogens is 303 g/mol. The zero-order valence-electron chi connectivity index (χ0n) is 13.0. The minimum atomic E-state index is -0.439. The van der Waals surface area contributed by atoms with Crippen LogP contribution in [0.2, 0.25) is 5.02 Å². The van der Waals surface area contributed by atoms with Crippen molar-refractivity contribution in [1.29, 1.82) is 0 Å². The number of anilines is 3. The zero-order valence-corrected chi connectivity index (χ0v) is 13.8. The van der Waals surface area contributed by atoms with Crippen molar-refractivity contribution in [2.24, 2.45) is 0 Å². The second-order valence-electron chi connectivity index (χ2n) is 5.22. The second kappa shape index (κ2) is 7.40. The zero-order chi connectivity index (χ0) is 16.1. The van der Waals surface area contributed by atoms with E-state index in [1.807, 2.05) is 24.9 Å². The van der Waals surface area contributed by atoms with E-state index >= 15 is 0 Å². The van der Waals surface area contributed by atoms with Crippen LogP contribution in [0.1, 0.15) is 25.5 Å². The Balaban J connectivity index is 2.20. The molecule has 0 aliphatic carbocycles. The average molecular weight is 323 g/mol. The molecule has 0 bridgehead atoms. The predicted octanol–water partition coefficient (Wildman–Crippen LogP) is 4.56. The van der Waals surface area contributed by atoms with Crippen LogP contribution in [0.3, 0.4) is 0 Å². The Morgan fingerprint density at radius 1 is 1.27 bits per heavy atom. The molecule has 0 saturated heterocycles. The van der Waals surface area contributed by atoms with E-state index in [2.05, 4.69) is 22.2 Å². The molecule has 0 spiro atoms. The lowest BCUT2D eigenvalue weighted by Gasteiger charge is -2.18. The van der Waals surface area contributed by atoms with Gasteiger partial charge in [-0.15, -0.1) is 0 Å². The third-order valence-corrected chi connectivity index (χ3v) is 3.51. The van der Waals surface area contributed by atoms with Crippen molar-refractivity contribution < 1.29 is 4.39 Å². The standard InChI is InChI=1S/C16H20ClFN4/c1-4-5-8-22(3)16-19-11(2)9-15(21-16)20-12-6-7-14(18)13(17)10-12/h6-7,9-10H,4-5,8H2,1-3H3,(H,19,20,21). The summed E-state index contributed by atoms with van der Waals surface area (Å²) in [4.78, 5) is 11.0. The number of rotatable bonds is 6. The molecule has 0 aliphatic rings. The second-order valence-corrected chi connectivity index (χ2v) is 5.63. The Kier molecular flexibility index (Phi) is 5.55. The Morgan fingerprint density at radius 3 is 2.73 bits per heavy atom. The van der Waals surface area contributed by atoms with Gasteiger partial charge in [0.2, 0.25) is 5.95 Å². The van der Waals surface area contributed by atoms with Crippen LogP contribution in [0, 0.1) is 12.7 Å². The number of nitrogens with one attached hydrogen (secondary N) is 1. The van der Waals surface area contributed by atoms with Crippen molar-refractivity contribution in [3.8, 4) is 0 Å². The summed E-state index contributed by atoms with van der Waals surface area (Å²) in [5.74, 6) is 0.892. The van der Waals surface area contributed by atoms with Crippen LogP contribution >= 0.6 is 11.6 Å².